The molecule has 0 aromatic rings. The Morgan fingerprint density at radius 2 is 1.35 bits per heavy atom. The molecule has 0 aromatic heterocycles. The van der Waals surface area contributed by atoms with Crippen molar-refractivity contribution in [3.05, 3.63) is 37.0 Å². The van der Waals surface area contributed by atoms with Crippen molar-refractivity contribution in [3.63, 3.8) is 0 Å². The van der Waals surface area contributed by atoms with Gasteiger partial charge in [-0.25, -0.2) is 9.59 Å². The summed E-state index contributed by atoms with van der Waals surface area (Å²) in [5, 5.41) is 29.3. The van der Waals surface area contributed by atoms with Gasteiger partial charge >= 0.3 is 17.9 Å². The first-order valence-corrected chi connectivity index (χ1v) is 12.9. The Morgan fingerprint density at radius 3 is 1.68 bits per heavy atom. The second-order valence-corrected chi connectivity index (χ2v) is 10.3. The Kier molecular flexibility index (Phi) is 18.2. The highest BCUT2D eigenvalue weighted by Crippen LogP contribution is 2.05. The molecule has 7 N–H and O–H groups in total. The Bertz CT molecular complexity index is 1090. The zero-order valence-electron chi connectivity index (χ0n) is 19.9. The number of carboxylic acids is 3. The third-order valence-corrected chi connectivity index (χ3v) is 5.06. The molecule has 2 amide bonds. The lowest BCUT2D eigenvalue weighted by molar-refractivity contribution is -0.140. The highest BCUT2D eigenvalue weighted by atomic mass is 32.2. The largest absolute Gasteiger partial charge is 0.481 e. The summed E-state index contributed by atoms with van der Waals surface area (Å²) in [7, 11) is -7.99. The highest BCUT2D eigenvalue weighted by Gasteiger charge is 2.25. The number of nitrogens with one attached hydrogen (secondary N) is 2. The lowest BCUT2D eigenvalue weighted by Gasteiger charge is -2.23. The van der Waals surface area contributed by atoms with Crippen LogP contribution in [0.5, 0.6) is 0 Å². The van der Waals surface area contributed by atoms with Crippen LogP contribution in [0, 0.1) is 0 Å². The van der Waals surface area contributed by atoms with Crippen molar-refractivity contribution >= 4 is 50.0 Å². The van der Waals surface area contributed by atoms with Crippen LogP contribution < -0.4 is 10.6 Å². The lowest BCUT2D eigenvalue weighted by Crippen LogP contribution is -2.47. The van der Waals surface area contributed by atoms with Crippen molar-refractivity contribution in [2.45, 2.75) is 32.2 Å². The molecule has 0 radical (unpaired) electrons. The van der Waals surface area contributed by atoms with Crippen LogP contribution in [0.25, 0.3) is 0 Å². The Hall–Kier alpha value is -3.61. The zero-order valence-corrected chi connectivity index (χ0v) is 21.5. The number of carboxylic acid groups (broad SMARTS) is 3. The SMILES string of the molecule is C=CC(=O)NC(C)(C)CS(=O)(=O)O.C=CC(=O)NCCCS(=O)(=O)O.O=C(O)C=C(CC(=O)O)C(=O)O. The van der Waals surface area contributed by atoms with E-state index in [2.05, 4.69) is 23.8 Å². The predicted molar refractivity (Wildman–Crippen MR) is 129 cm³/mol. The van der Waals surface area contributed by atoms with Crippen molar-refractivity contribution in [1.29, 1.82) is 0 Å². The van der Waals surface area contributed by atoms with Crippen LogP contribution >= 0.6 is 0 Å². The summed E-state index contributed by atoms with van der Waals surface area (Å²) in [5.74, 6) is -6.11. The van der Waals surface area contributed by atoms with E-state index in [0.717, 1.165) is 12.2 Å². The van der Waals surface area contributed by atoms with E-state index in [0.29, 0.717) is 6.08 Å². The first-order valence-electron chi connectivity index (χ1n) is 9.69. The summed E-state index contributed by atoms with van der Waals surface area (Å²) in [6.07, 6.45) is 1.87. The first-order chi connectivity index (χ1) is 16.5. The molecular weight excluding hydrogens is 544 g/mol. The molecule has 0 aliphatic carbocycles. The molecule has 0 aliphatic heterocycles. The zero-order chi connectivity index (χ0) is 30.0. The topological polar surface area (TPSA) is 279 Å². The quantitative estimate of drug-likeness (QED) is 0.0795. The summed E-state index contributed by atoms with van der Waals surface area (Å²) in [5.41, 5.74) is -1.66. The van der Waals surface area contributed by atoms with Crippen molar-refractivity contribution in [3.8, 4) is 0 Å². The molecule has 0 fully saturated rings. The molecule has 37 heavy (non-hydrogen) atoms. The number of aliphatic carboxylic acids is 3. The summed E-state index contributed by atoms with van der Waals surface area (Å²) in [4.78, 5) is 51.4. The molecule has 0 rings (SSSR count). The van der Waals surface area contributed by atoms with Crippen LogP contribution in [0.3, 0.4) is 0 Å². The number of carbonyl (C=O) groups excluding carboxylic acids is 2. The maximum absolute atomic E-state index is 10.8. The van der Waals surface area contributed by atoms with Crippen LogP contribution in [0.15, 0.2) is 37.0 Å². The summed E-state index contributed by atoms with van der Waals surface area (Å²) in [6, 6.07) is 0. The van der Waals surface area contributed by atoms with Crippen molar-refractivity contribution in [2.24, 2.45) is 0 Å². The van der Waals surface area contributed by atoms with Crippen LogP contribution in [0.1, 0.15) is 26.7 Å². The number of hydrogen-bond acceptors (Lipinski definition) is 9. The fraction of sp³-hybridized carbons (Fsp3) is 0.421. The molecule has 0 bridgehead atoms. The van der Waals surface area contributed by atoms with E-state index in [1.165, 1.54) is 13.8 Å². The molecule has 0 heterocycles. The van der Waals surface area contributed by atoms with E-state index in [9.17, 15) is 40.8 Å². The minimum atomic E-state index is -4.08. The molecule has 0 saturated carbocycles. The van der Waals surface area contributed by atoms with Gasteiger partial charge < -0.3 is 26.0 Å². The fourth-order valence-electron chi connectivity index (χ4n) is 1.92. The van der Waals surface area contributed by atoms with E-state index < -0.39 is 67.3 Å². The Labute approximate surface area is 213 Å². The molecule has 0 spiro atoms. The second-order valence-electron chi connectivity index (χ2n) is 7.32. The molecule has 0 atom stereocenters. The molecule has 0 saturated heterocycles. The fourth-order valence-corrected chi connectivity index (χ4v) is 3.41. The van der Waals surface area contributed by atoms with Gasteiger partial charge in [-0.2, -0.15) is 16.8 Å². The molecular formula is C19H30N2O14S2. The lowest BCUT2D eigenvalue weighted by atomic mass is 10.1. The van der Waals surface area contributed by atoms with Gasteiger partial charge in [-0.1, -0.05) is 13.2 Å². The van der Waals surface area contributed by atoms with Crippen molar-refractivity contribution in [2.75, 3.05) is 18.1 Å². The van der Waals surface area contributed by atoms with E-state index in [1.54, 1.807) is 0 Å². The molecule has 0 aliphatic rings. The third-order valence-electron chi connectivity index (χ3n) is 3.17. The summed E-state index contributed by atoms with van der Waals surface area (Å²) in [6.45, 7) is 9.62. The number of amides is 2. The predicted octanol–water partition coefficient (Wildman–Crippen LogP) is -0.922. The molecule has 212 valence electrons. The number of rotatable bonds is 13. The van der Waals surface area contributed by atoms with Gasteiger partial charge in [0.05, 0.1) is 29.0 Å². The minimum absolute atomic E-state index is 0.193. The van der Waals surface area contributed by atoms with Gasteiger partial charge in [-0.3, -0.25) is 23.5 Å². The van der Waals surface area contributed by atoms with E-state index in [1.807, 2.05) is 0 Å². The van der Waals surface area contributed by atoms with Crippen molar-refractivity contribution in [1.82, 2.24) is 10.6 Å². The number of hydrogen-bond donors (Lipinski definition) is 7. The highest BCUT2D eigenvalue weighted by molar-refractivity contribution is 7.86. The van der Waals surface area contributed by atoms with Crippen molar-refractivity contribution < 1.29 is 65.2 Å². The average molecular weight is 575 g/mol. The maximum Gasteiger partial charge on any atom is 0.332 e. The van der Waals surface area contributed by atoms with E-state index in [-0.39, 0.29) is 24.6 Å². The van der Waals surface area contributed by atoms with Gasteiger partial charge in [0.1, 0.15) is 0 Å². The standard InChI is InChI=1S/C7H13NO4S.C6H11NO4S.C6H6O6/c1-4-6(9)8-7(2,3)5-13(10,11)12;1-2-6(8)7-4-3-5-12(9,10)11;7-4(8)1-3(6(11)12)2-5(9)10/h4H,1,5H2,2-3H3,(H,8,9)(H,10,11,12);2H,1,3-5H2,(H,7,8)(H,9,10,11);1H,2H2,(H,7,8)(H,9,10)(H,11,12). The summed E-state index contributed by atoms with van der Waals surface area (Å²) >= 11 is 0. The minimum Gasteiger partial charge on any atom is -0.481 e. The van der Waals surface area contributed by atoms with Crippen LogP contribution in [0.4, 0.5) is 0 Å². The molecule has 18 heteroatoms. The second kappa shape index (κ2) is 17.8. The maximum atomic E-state index is 10.8. The average Bonchev–Trinajstić information content (AvgIpc) is 2.67. The Morgan fingerprint density at radius 1 is 0.865 bits per heavy atom. The normalized spacial score (nSPS) is 11.3. The van der Waals surface area contributed by atoms with Crippen LogP contribution in [-0.2, 0) is 44.2 Å². The monoisotopic (exact) mass is 574 g/mol. The van der Waals surface area contributed by atoms with Gasteiger partial charge in [0.15, 0.2) is 0 Å². The van der Waals surface area contributed by atoms with Gasteiger partial charge in [0.25, 0.3) is 20.2 Å². The summed E-state index contributed by atoms with van der Waals surface area (Å²) < 4.78 is 58.1. The van der Waals surface area contributed by atoms with E-state index in [4.69, 9.17) is 24.4 Å². The third kappa shape index (κ3) is 30.4. The van der Waals surface area contributed by atoms with Crippen LogP contribution in [0.2, 0.25) is 0 Å². The molecule has 0 unspecified atom stereocenters. The van der Waals surface area contributed by atoms with Crippen LogP contribution in [-0.4, -0.2) is 94.6 Å². The van der Waals surface area contributed by atoms with E-state index >= 15 is 0 Å². The van der Waals surface area contributed by atoms with Gasteiger partial charge in [-0.05, 0) is 32.4 Å². The van der Waals surface area contributed by atoms with Gasteiger partial charge in [0.2, 0.25) is 11.8 Å². The van der Waals surface area contributed by atoms with Gasteiger partial charge in [-0.15, -0.1) is 0 Å². The smallest absolute Gasteiger partial charge is 0.332 e. The first kappa shape index (κ1) is 37.9. The Balaban J connectivity index is -0.000000469. The van der Waals surface area contributed by atoms with Gasteiger partial charge in [0, 0.05) is 12.6 Å². The molecule has 0 aromatic carbocycles. The molecule has 16 nitrogen and oxygen atoms in total. The number of carbonyl (C=O) groups is 5.